The van der Waals surface area contributed by atoms with Gasteiger partial charge in [-0.2, -0.15) is 0 Å². The molecule has 0 bridgehead atoms. The number of hydrogen-bond acceptors (Lipinski definition) is 2. The minimum atomic E-state index is -0.305. The molecule has 1 aliphatic rings. The van der Waals surface area contributed by atoms with Crippen molar-refractivity contribution in [2.45, 2.75) is 31.9 Å². The number of nitrogens with zero attached hydrogens (tertiary/aromatic N) is 2. The summed E-state index contributed by atoms with van der Waals surface area (Å²) in [5.74, 6) is 1.23. The first kappa shape index (κ1) is 14.3. The van der Waals surface area contributed by atoms with Crippen LogP contribution >= 0.6 is 27.5 Å². The van der Waals surface area contributed by atoms with E-state index in [2.05, 4.69) is 32.4 Å². The van der Waals surface area contributed by atoms with Gasteiger partial charge in [0.1, 0.15) is 11.6 Å². The molecule has 1 aliphatic heterocycles. The molecule has 1 saturated heterocycles. The standard InChI is InChI=1S/C14H15BrClFN2O/c1-8-9(2-3-20-8)7-19-13-4-10(15)11(17)5-12(13)18-14(19)6-16/h4-5,8-9H,2-3,6-7H2,1H3. The summed E-state index contributed by atoms with van der Waals surface area (Å²) in [6.07, 6.45) is 1.27. The number of halogens is 3. The number of alkyl halides is 1. The molecule has 2 atom stereocenters. The molecule has 1 fully saturated rings. The third-order valence-corrected chi connectivity index (χ3v) is 4.79. The summed E-state index contributed by atoms with van der Waals surface area (Å²) in [7, 11) is 0. The molecule has 1 aromatic heterocycles. The molecule has 20 heavy (non-hydrogen) atoms. The van der Waals surface area contributed by atoms with Crippen LogP contribution in [0.1, 0.15) is 19.2 Å². The Kier molecular flexibility index (Phi) is 4.02. The smallest absolute Gasteiger partial charge is 0.139 e. The highest BCUT2D eigenvalue weighted by molar-refractivity contribution is 9.10. The van der Waals surface area contributed by atoms with Crippen LogP contribution in [0.3, 0.4) is 0 Å². The fraction of sp³-hybridized carbons (Fsp3) is 0.500. The molecule has 2 unspecified atom stereocenters. The van der Waals surface area contributed by atoms with Gasteiger partial charge in [0.25, 0.3) is 0 Å². The maximum absolute atomic E-state index is 13.6. The summed E-state index contributed by atoms with van der Waals surface area (Å²) in [6.45, 7) is 3.69. The van der Waals surface area contributed by atoms with E-state index < -0.39 is 0 Å². The number of imidazole rings is 1. The zero-order valence-corrected chi connectivity index (χ0v) is 13.4. The summed E-state index contributed by atoms with van der Waals surface area (Å²) >= 11 is 9.22. The van der Waals surface area contributed by atoms with Gasteiger partial charge in [-0.15, -0.1) is 11.6 Å². The first-order valence-electron chi connectivity index (χ1n) is 6.62. The van der Waals surface area contributed by atoms with Crippen molar-refractivity contribution in [1.29, 1.82) is 0 Å². The number of rotatable bonds is 3. The predicted octanol–water partition coefficient (Wildman–Crippen LogP) is 4.10. The molecule has 2 heterocycles. The minimum absolute atomic E-state index is 0.236. The van der Waals surface area contributed by atoms with Gasteiger partial charge in [-0.3, -0.25) is 0 Å². The van der Waals surface area contributed by atoms with Gasteiger partial charge in [-0.05, 0) is 35.3 Å². The molecule has 6 heteroatoms. The molecule has 0 aliphatic carbocycles. The largest absolute Gasteiger partial charge is 0.378 e. The second-order valence-electron chi connectivity index (χ2n) is 5.15. The molecule has 0 N–H and O–H groups in total. The van der Waals surface area contributed by atoms with Gasteiger partial charge >= 0.3 is 0 Å². The number of aromatic nitrogens is 2. The maximum atomic E-state index is 13.6. The van der Waals surface area contributed by atoms with Crippen molar-refractivity contribution < 1.29 is 9.13 Å². The van der Waals surface area contributed by atoms with Crippen molar-refractivity contribution in [1.82, 2.24) is 9.55 Å². The molecule has 0 saturated carbocycles. The van der Waals surface area contributed by atoms with Gasteiger partial charge in [0.05, 0.1) is 27.5 Å². The van der Waals surface area contributed by atoms with Crippen LogP contribution in [0.5, 0.6) is 0 Å². The van der Waals surface area contributed by atoms with E-state index in [4.69, 9.17) is 16.3 Å². The number of ether oxygens (including phenoxy) is 1. The van der Waals surface area contributed by atoms with Crippen molar-refractivity contribution >= 4 is 38.6 Å². The number of fused-ring (bicyclic) bond motifs is 1. The van der Waals surface area contributed by atoms with Crippen LogP contribution in [0.4, 0.5) is 4.39 Å². The fourth-order valence-corrected chi connectivity index (χ4v) is 3.26. The van der Waals surface area contributed by atoms with Crippen LogP contribution in [-0.4, -0.2) is 22.3 Å². The van der Waals surface area contributed by atoms with Crippen LogP contribution in [0.15, 0.2) is 16.6 Å². The van der Waals surface area contributed by atoms with E-state index in [9.17, 15) is 4.39 Å². The molecule has 3 rings (SSSR count). The van der Waals surface area contributed by atoms with Crippen molar-refractivity contribution in [3.8, 4) is 0 Å². The average molecular weight is 362 g/mol. The van der Waals surface area contributed by atoms with E-state index in [1.807, 2.05) is 0 Å². The Hall–Kier alpha value is -0.650. The van der Waals surface area contributed by atoms with Crippen molar-refractivity contribution in [2.75, 3.05) is 6.61 Å². The first-order chi connectivity index (χ1) is 9.60. The lowest BCUT2D eigenvalue weighted by molar-refractivity contribution is 0.102. The Morgan fingerprint density at radius 3 is 3.00 bits per heavy atom. The molecule has 1 aromatic carbocycles. The van der Waals surface area contributed by atoms with Gasteiger partial charge < -0.3 is 9.30 Å². The quantitative estimate of drug-likeness (QED) is 0.770. The summed E-state index contributed by atoms with van der Waals surface area (Å²) < 4.78 is 21.8. The molecular weight excluding hydrogens is 347 g/mol. The van der Waals surface area contributed by atoms with Crippen LogP contribution < -0.4 is 0 Å². The number of hydrogen-bond donors (Lipinski definition) is 0. The lowest BCUT2D eigenvalue weighted by Crippen LogP contribution is -2.19. The second-order valence-corrected chi connectivity index (χ2v) is 6.27. The maximum Gasteiger partial charge on any atom is 0.139 e. The normalized spacial score (nSPS) is 22.8. The monoisotopic (exact) mass is 360 g/mol. The second kappa shape index (κ2) is 5.62. The van der Waals surface area contributed by atoms with Crippen molar-refractivity contribution in [2.24, 2.45) is 5.92 Å². The van der Waals surface area contributed by atoms with Crippen LogP contribution in [0, 0.1) is 11.7 Å². The highest BCUT2D eigenvalue weighted by Gasteiger charge is 2.26. The molecule has 108 valence electrons. The fourth-order valence-electron chi connectivity index (χ4n) is 2.73. The van der Waals surface area contributed by atoms with Gasteiger partial charge in [0.2, 0.25) is 0 Å². The summed E-state index contributed by atoms with van der Waals surface area (Å²) in [5.41, 5.74) is 1.56. The van der Waals surface area contributed by atoms with Gasteiger partial charge in [0.15, 0.2) is 0 Å². The van der Waals surface area contributed by atoms with Gasteiger partial charge in [-0.25, -0.2) is 9.37 Å². The minimum Gasteiger partial charge on any atom is -0.378 e. The van der Waals surface area contributed by atoms with Crippen LogP contribution in [0.2, 0.25) is 0 Å². The molecule has 2 aromatic rings. The van der Waals surface area contributed by atoms with Crippen molar-refractivity contribution in [3.05, 3.63) is 28.2 Å². The van der Waals surface area contributed by atoms with Gasteiger partial charge in [0, 0.05) is 25.1 Å². The third kappa shape index (κ3) is 2.47. The average Bonchev–Trinajstić information content (AvgIpc) is 2.96. The molecule has 0 radical (unpaired) electrons. The van der Waals surface area contributed by atoms with E-state index >= 15 is 0 Å². The van der Waals surface area contributed by atoms with Crippen molar-refractivity contribution in [3.63, 3.8) is 0 Å². The Morgan fingerprint density at radius 1 is 1.55 bits per heavy atom. The Morgan fingerprint density at radius 2 is 2.35 bits per heavy atom. The third-order valence-electron chi connectivity index (χ3n) is 3.94. The van der Waals surface area contributed by atoms with Crippen LogP contribution in [-0.2, 0) is 17.2 Å². The summed E-state index contributed by atoms with van der Waals surface area (Å²) in [4.78, 5) is 4.43. The van der Waals surface area contributed by atoms with Crippen LogP contribution in [0.25, 0.3) is 11.0 Å². The predicted molar refractivity (Wildman–Crippen MR) is 80.5 cm³/mol. The van der Waals surface area contributed by atoms with E-state index in [0.29, 0.717) is 21.8 Å². The Balaban J connectivity index is 2.05. The zero-order valence-electron chi connectivity index (χ0n) is 11.1. The molecule has 3 nitrogen and oxygen atoms in total. The van der Waals surface area contributed by atoms with E-state index in [1.165, 1.54) is 6.07 Å². The molecule has 0 spiro atoms. The molecule has 0 amide bonds. The highest BCUT2D eigenvalue weighted by atomic mass is 79.9. The summed E-state index contributed by atoms with van der Waals surface area (Å²) in [6, 6.07) is 3.22. The van der Waals surface area contributed by atoms with Gasteiger partial charge in [-0.1, -0.05) is 0 Å². The topological polar surface area (TPSA) is 27.1 Å². The SMILES string of the molecule is CC1OCCC1Cn1c(CCl)nc2cc(F)c(Br)cc21. The lowest BCUT2D eigenvalue weighted by Gasteiger charge is -2.16. The van der Waals surface area contributed by atoms with E-state index in [0.717, 1.165) is 30.9 Å². The molecular formula is C14H15BrClFN2O. The Labute approximate surface area is 130 Å². The number of benzene rings is 1. The zero-order chi connectivity index (χ0) is 14.3. The van der Waals surface area contributed by atoms with E-state index in [1.54, 1.807) is 6.07 Å². The summed E-state index contributed by atoms with van der Waals surface area (Å²) in [5, 5.41) is 0. The Bertz CT molecular complexity index is 646. The van der Waals surface area contributed by atoms with E-state index in [-0.39, 0.29) is 11.9 Å². The first-order valence-corrected chi connectivity index (χ1v) is 7.94. The highest BCUT2D eigenvalue weighted by Crippen LogP contribution is 2.28. The lowest BCUT2D eigenvalue weighted by atomic mass is 10.0.